The average Bonchev–Trinajstić information content (AvgIpc) is 2.68. The van der Waals surface area contributed by atoms with E-state index in [0.29, 0.717) is 25.7 Å². The molecule has 0 saturated carbocycles. The highest BCUT2D eigenvalue weighted by atomic mass is 16.5. The van der Waals surface area contributed by atoms with E-state index in [9.17, 15) is 4.79 Å². The highest BCUT2D eigenvalue weighted by Gasteiger charge is 2.32. The second-order valence-corrected chi connectivity index (χ2v) is 6.49. The number of rotatable bonds is 3. The van der Waals surface area contributed by atoms with Crippen LogP contribution in [-0.4, -0.2) is 46.6 Å². The summed E-state index contributed by atoms with van der Waals surface area (Å²) in [5.41, 5.74) is 1.12. The molecular formula is C19H21N3O3. The van der Waals surface area contributed by atoms with Crippen LogP contribution in [0.4, 0.5) is 0 Å². The first-order chi connectivity index (χ1) is 12.3. The zero-order chi connectivity index (χ0) is 17.1. The van der Waals surface area contributed by atoms with Gasteiger partial charge >= 0.3 is 6.01 Å². The molecule has 1 amide bonds. The van der Waals surface area contributed by atoms with E-state index in [2.05, 4.69) is 9.97 Å². The van der Waals surface area contributed by atoms with Gasteiger partial charge in [0.25, 0.3) is 0 Å². The Kier molecular flexibility index (Phi) is 4.50. The lowest BCUT2D eigenvalue weighted by Gasteiger charge is -2.35. The second-order valence-electron chi connectivity index (χ2n) is 6.49. The lowest BCUT2D eigenvalue weighted by molar-refractivity contribution is -0.138. The molecule has 1 saturated heterocycles. The van der Waals surface area contributed by atoms with Crippen molar-refractivity contribution in [2.45, 2.75) is 25.4 Å². The lowest BCUT2D eigenvalue weighted by Crippen LogP contribution is -2.46. The Labute approximate surface area is 146 Å². The van der Waals surface area contributed by atoms with Crippen LogP contribution in [0.2, 0.25) is 0 Å². The number of nitrogens with zero attached hydrogens (tertiary/aromatic N) is 3. The molecule has 0 bridgehead atoms. The fourth-order valence-corrected chi connectivity index (χ4v) is 3.43. The Morgan fingerprint density at radius 3 is 2.68 bits per heavy atom. The van der Waals surface area contributed by atoms with Gasteiger partial charge in [-0.15, -0.1) is 0 Å². The van der Waals surface area contributed by atoms with Crippen molar-refractivity contribution in [2.75, 3.05) is 19.7 Å². The zero-order valence-corrected chi connectivity index (χ0v) is 14.0. The molecule has 130 valence electrons. The number of benzene rings is 1. The van der Waals surface area contributed by atoms with Crippen LogP contribution in [0.3, 0.4) is 0 Å². The Hall–Kier alpha value is -2.63. The third-order valence-corrected chi connectivity index (χ3v) is 4.80. The smallest absolute Gasteiger partial charge is 0.316 e. The molecule has 6 heteroatoms. The molecule has 3 heterocycles. The molecule has 4 rings (SSSR count). The van der Waals surface area contributed by atoms with E-state index in [1.165, 1.54) is 0 Å². The fourth-order valence-electron chi connectivity index (χ4n) is 3.43. The van der Waals surface area contributed by atoms with Crippen molar-refractivity contribution < 1.29 is 14.3 Å². The molecule has 2 aliphatic rings. The number of hydrogen-bond acceptors (Lipinski definition) is 5. The number of amides is 1. The normalized spacial score (nSPS) is 20.5. The molecule has 1 fully saturated rings. The summed E-state index contributed by atoms with van der Waals surface area (Å²) >= 11 is 0. The molecule has 1 atom stereocenters. The largest absolute Gasteiger partial charge is 0.492 e. The summed E-state index contributed by atoms with van der Waals surface area (Å²) in [5, 5.41) is 0. The van der Waals surface area contributed by atoms with Gasteiger partial charge in [0.15, 0.2) is 0 Å². The minimum Gasteiger partial charge on any atom is -0.492 e. The minimum atomic E-state index is -0.0928. The third-order valence-electron chi connectivity index (χ3n) is 4.80. The van der Waals surface area contributed by atoms with Crippen molar-refractivity contribution in [3.05, 3.63) is 48.3 Å². The van der Waals surface area contributed by atoms with E-state index in [1.54, 1.807) is 18.5 Å². The molecule has 1 aromatic heterocycles. The third kappa shape index (κ3) is 3.57. The molecule has 2 aliphatic heterocycles. The molecule has 0 aliphatic carbocycles. The van der Waals surface area contributed by atoms with Gasteiger partial charge in [0.1, 0.15) is 18.5 Å². The maximum absolute atomic E-state index is 12.8. The minimum absolute atomic E-state index is 0.0646. The highest BCUT2D eigenvalue weighted by Crippen LogP contribution is 2.28. The van der Waals surface area contributed by atoms with Gasteiger partial charge in [-0.1, -0.05) is 18.2 Å². The fraction of sp³-hybridized carbons (Fsp3) is 0.421. The Morgan fingerprint density at radius 1 is 1.12 bits per heavy atom. The van der Waals surface area contributed by atoms with Gasteiger partial charge in [-0.2, -0.15) is 0 Å². The summed E-state index contributed by atoms with van der Waals surface area (Å²) in [6.45, 7) is 1.87. The SMILES string of the molecule is O=C(C1COc2ccccc2C1)N1CCC(Oc2ncccn2)CC1. The summed E-state index contributed by atoms with van der Waals surface area (Å²) < 4.78 is 11.5. The highest BCUT2D eigenvalue weighted by molar-refractivity contribution is 5.80. The van der Waals surface area contributed by atoms with Gasteiger partial charge in [0, 0.05) is 38.3 Å². The molecule has 0 spiro atoms. The van der Waals surface area contributed by atoms with E-state index in [4.69, 9.17) is 9.47 Å². The molecular weight excluding hydrogens is 318 g/mol. The van der Waals surface area contributed by atoms with Crippen molar-refractivity contribution in [3.8, 4) is 11.8 Å². The number of carbonyl (C=O) groups excluding carboxylic acids is 1. The van der Waals surface area contributed by atoms with Crippen molar-refractivity contribution in [3.63, 3.8) is 0 Å². The molecule has 0 radical (unpaired) electrons. The van der Waals surface area contributed by atoms with E-state index < -0.39 is 0 Å². The van der Waals surface area contributed by atoms with Crippen molar-refractivity contribution in [1.29, 1.82) is 0 Å². The van der Waals surface area contributed by atoms with Gasteiger partial charge in [-0.05, 0) is 24.1 Å². The number of aromatic nitrogens is 2. The van der Waals surface area contributed by atoms with Crippen LogP contribution in [0.5, 0.6) is 11.8 Å². The quantitative estimate of drug-likeness (QED) is 0.857. The topological polar surface area (TPSA) is 64.5 Å². The molecule has 6 nitrogen and oxygen atoms in total. The first-order valence-electron chi connectivity index (χ1n) is 8.73. The zero-order valence-electron chi connectivity index (χ0n) is 14.0. The number of hydrogen-bond donors (Lipinski definition) is 0. The molecule has 25 heavy (non-hydrogen) atoms. The standard InChI is InChI=1S/C19H21N3O3/c23-18(15-12-14-4-1-2-5-17(14)24-13-15)22-10-6-16(7-11-22)25-19-20-8-3-9-21-19/h1-5,8-9,15-16H,6-7,10-13H2. The van der Waals surface area contributed by atoms with Gasteiger partial charge in [0.05, 0.1) is 5.92 Å². The summed E-state index contributed by atoms with van der Waals surface area (Å²) in [6, 6.07) is 10.1. The number of ether oxygens (including phenoxy) is 2. The van der Waals surface area contributed by atoms with E-state index >= 15 is 0 Å². The number of likely N-dealkylation sites (tertiary alicyclic amines) is 1. The summed E-state index contributed by atoms with van der Waals surface area (Å²) in [4.78, 5) is 22.9. The van der Waals surface area contributed by atoms with Crippen LogP contribution >= 0.6 is 0 Å². The van der Waals surface area contributed by atoms with Gasteiger partial charge in [-0.25, -0.2) is 9.97 Å². The van der Waals surface area contributed by atoms with E-state index in [0.717, 1.165) is 30.6 Å². The second kappa shape index (κ2) is 7.09. The summed E-state index contributed by atoms with van der Waals surface area (Å²) in [5.74, 6) is 0.996. The maximum Gasteiger partial charge on any atom is 0.316 e. The lowest BCUT2D eigenvalue weighted by atomic mass is 9.94. The first kappa shape index (κ1) is 15.9. The number of carbonyl (C=O) groups is 1. The predicted molar refractivity (Wildman–Crippen MR) is 91.4 cm³/mol. The molecule has 1 unspecified atom stereocenters. The van der Waals surface area contributed by atoms with Crippen LogP contribution in [0.1, 0.15) is 18.4 Å². The number of piperidine rings is 1. The van der Waals surface area contributed by atoms with Crippen molar-refractivity contribution in [1.82, 2.24) is 14.9 Å². The van der Waals surface area contributed by atoms with Gasteiger partial charge in [0.2, 0.25) is 5.91 Å². The molecule has 0 N–H and O–H groups in total. The number of para-hydroxylation sites is 1. The summed E-state index contributed by atoms with van der Waals surface area (Å²) in [6.07, 6.45) is 5.75. The average molecular weight is 339 g/mol. The molecule has 1 aromatic carbocycles. The van der Waals surface area contributed by atoms with E-state index in [-0.39, 0.29) is 17.9 Å². The molecule has 2 aromatic rings. The van der Waals surface area contributed by atoms with Crippen molar-refractivity contribution in [2.24, 2.45) is 5.92 Å². The van der Waals surface area contributed by atoms with Crippen LogP contribution in [0, 0.1) is 5.92 Å². The van der Waals surface area contributed by atoms with Crippen LogP contribution in [-0.2, 0) is 11.2 Å². The van der Waals surface area contributed by atoms with Crippen molar-refractivity contribution >= 4 is 5.91 Å². The Bertz CT molecular complexity index is 730. The maximum atomic E-state index is 12.8. The van der Waals surface area contributed by atoms with E-state index in [1.807, 2.05) is 29.2 Å². The van der Waals surface area contributed by atoms with Crippen LogP contribution in [0.25, 0.3) is 0 Å². The Balaban J connectivity index is 1.31. The van der Waals surface area contributed by atoms with Gasteiger partial charge < -0.3 is 14.4 Å². The van der Waals surface area contributed by atoms with Crippen LogP contribution in [0.15, 0.2) is 42.7 Å². The predicted octanol–water partition coefficient (Wildman–Crippen LogP) is 2.10. The number of fused-ring (bicyclic) bond motifs is 1. The monoisotopic (exact) mass is 339 g/mol. The Morgan fingerprint density at radius 2 is 1.88 bits per heavy atom. The first-order valence-corrected chi connectivity index (χ1v) is 8.73. The van der Waals surface area contributed by atoms with Gasteiger partial charge in [-0.3, -0.25) is 4.79 Å². The summed E-state index contributed by atoms with van der Waals surface area (Å²) in [7, 11) is 0. The van der Waals surface area contributed by atoms with Crippen LogP contribution < -0.4 is 9.47 Å².